The molecule has 13 nitrogen and oxygen atoms in total. The van der Waals surface area contributed by atoms with Gasteiger partial charge in [0.15, 0.2) is 0 Å². The number of fused-ring (bicyclic) bond motifs is 1. The molecule has 63 heavy (non-hydrogen) atoms. The third-order valence-electron chi connectivity index (χ3n) is 11.5. The first-order valence-electron chi connectivity index (χ1n) is 21.3. The molecule has 1 fully saturated rings. The van der Waals surface area contributed by atoms with E-state index >= 15 is 0 Å². The van der Waals surface area contributed by atoms with Gasteiger partial charge in [0.05, 0.1) is 17.6 Å². The number of phenolic OH excluding ortho intramolecular Hbond substituents is 1. The van der Waals surface area contributed by atoms with Crippen LogP contribution in [0.15, 0.2) is 132 Å². The predicted octanol–water partition coefficient (Wildman–Crippen LogP) is 7.04. The Labute approximate surface area is 366 Å². The van der Waals surface area contributed by atoms with Gasteiger partial charge < -0.3 is 35.1 Å². The fourth-order valence-corrected chi connectivity index (χ4v) is 7.92. The van der Waals surface area contributed by atoms with Crippen LogP contribution in [0.1, 0.15) is 54.7 Å². The van der Waals surface area contributed by atoms with Crippen molar-refractivity contribution in [3.63, 3.8) is 0 Å². The van der Waals surface area contributed by atoms with Gasteiger partial charge in [0.1, 0.15) is 18.1 Å². The van der Waals surface area contributed by atoms with Crippen LogP contribution in [0.3, 0.4) is 0 Å². The third kappa shape index (κ3) is 12.0. The van der Waals surface area contributed by atoms with E-state index in [1.807, 2.05) is 110 Å². The summed E-state index contributed by atoms with van der Waals surface area (Å²) in [6.07, 6.45) is 0.899. The number of likely N-dealkylation sites (tertiary alicyclic amines) is 1. The fourth-order valence-electron chi connectivity index (χ4n) is 7.92. The van der Waals surface area contributed by atoms with Crippen LogP contribution >= 0.6 is 0 Å². The van der Waals surface area contributed by atoms with E-state index < -0.39 is 12.3 Å². The number of anilines is 2. The van der Waals surface area contributed by atoms with Crippen LogP contribution in [-0.2, 0) is 33.7 Å². The van der Waals surface area contributed by atoms with Crippen molar-refractivity contribution in [2.24, 2.45) is 0 Å². The van der Waals surface area contributed by atoms with Gasteiger partial charge in [-0.2, -0.15) is 0 Å². The number of phenols is 1. The number of amides is 3. The Balaban J connectivity index is 0.786. The molecular weight excluding hydrogens is 797 g/mol. The Bertz CT molecular complexity index is 2560. The summed E-state index contributed by atoms with van der Waals surface area (Å²) >= 11 is 0. The largest absolute Gasteiger partial charge is 0.506 e. The molecular formula is C50H54N6O7. The number of H-pyrrole nitrogens is 1. The number of piperidine rings is 1. The van der Waals surface area contributed by atoms with Gasteiger partial charge in [-0.25, -0.2) is 4.79 Å². The van der Waals surface area contributed by atoms with Gasteiger partial charge in [0.2, 0.25) is 17.4 Å². The second-order valence-corrected chi connectivity index (χ2v) is 16.1. The molecule has 1 aliphatic heterocycles. The number of nitrogens with zero attached hydrogens (tertiary/aromatic N) is 2. The normalized spacial score (nSPS) is 14.1. The quantitative estimate of drug-likeness (QED) is 0.0558. The highest BCUT2D eigenvalue weighted by atomic mass is 16.6. The van der Waals surface area contributed by atoms with E-state index in [-0.39, 0.29) is 47.2 Å². The number of aliphatic hydroxyl groups is 1. The molecule has 1 aliphatic rings. The van der Waals surface area contributed by atoms with Gasteiger partial charge in [-0.1, -0.05) is 91.0 Å². The second-order valence-electron chi connectivity index (χ2n) is 16.1. The van der Waals surface area contributed by atoms with Gasteiger partial charge in [-0.3, -0.25) is 25.0 Å². The van der Waals surface area contributed by atoms with Crippen LogP contribution in [0.5, 0.6) is 5.75 Å². The molecule has 6 N–H and O–H groups in total. The Morgan fingerprint density at radius 1 is 0.841 bits per heavy atom. The van der Waals surface area contributed by atoms with E-state index in [1.54, 1.807) is 24.1 Å². The van der Waals surface area contributed by atoms with Crippen molar-refractivity contribution < 1.29 is 29.3 Å². The van der Waals surface area contributed by atoms with Crippen molar-refractivity contribution in [1.82, 2.24) is 20.5 Å². The van der Waals surface area contributed by atoms with Crippen LogP contribution in [0, 0.1) is 0 Å². The number of nitrogens with one attached hydrogen (secondary N) is 4. The maximum Gasteiger partial charge on any atom is 0.411 e. The van der Waals surface area contributed by atoms with Crippen molar-refractivity contribution in [3.8, 4) is 16.9 Å². The molecule has 5 aromatic carbocycles. The van der Waals surface area contributed by atoms with Crippen LogP contribution in [0.25, 0.3) is 22.0 Å². The molecule has 0 aliphatic carbocycles. The van der Waals surface area contributed by atoms with Crippen LogP contribution < -0.4 is 26.4 Å². The molecule has 13 heteroatoms. The third-order valence-corrected chi connectivity index (χ3v) is 11.5. The lowest BCUT2D eigenvalue weighted by Crippen LogP contribution is -2.40. The first kappa shape index (κ1) is 44.3. The maximum atomic E-state index is 13.1. The van der Waals surface area contributed by atoms with E-state index in [9.17, 15) is 29.4 Å². The zero-order valence-electron chi connectivity index (χ0n) is 35.6. The number of aliphatic hydroxyl groups excluding tert-OH is 1. The number of benzene rings is 5. The number of pyridine rings is 1. The Morgan fingerprint density at radius 3 is 2.27 bits per heavy atom. The zero-order valence-corrected chi connectivity index (χ0v) is 35.6. The number of aromatic hydroxyl groups is 1. The molecule has 1 saturated heterocycles. The van der Waals surface area contributed by atoms with Crippen LogP contribution in [0.4, 0.5) is 16.2 Å². The van der Waals surface area contributed by atoms with E-state index in [4.69, 9.17) is 4.74 Å². The lowest BCUT2D eigenvalue weighted by atomic mass is 10.0. The topological polar surface area (TPSA) is 176 Å². The highest BCUT2D eigenvalue weighted by Crippen LogP contribution is 2.29. The molecule has 3 amide bonds. The monoisotopic (exact) mass is 850 g/mol. The van der Waals surface area contributed by atoms with Gasteiger partial charge in [0, 0.05) is 74.0 Å². The van der Waals surface area contributed by atoms with Crippen LogP contribution in [0.2, 0.25) is 0 Å². The van der Waals surface area contributed by atoms with E-state index in [1.165, 1.54) is 12.1 Å². The molecule has 0 spiro atoms. The molecule has 0 radical (unpaired) electrons. The number of para-hydroxylation sites is 1. The number of carbonyl (C=O) groups excluding carboxylic acids is 3. The van der Waals surface area contributed by atoms with Crippen molar-refractivity contribution in [2.45, 2.75) is 63.9 Å². The molecule has 1 unspecified atom stereocenters. The van der Waals surface area contributed by atoms with Crippen molar-refractivity contribution >= 4 is 40.2 Å². The maximum absolute atomic E-state index is 13.1. The molecule has 0 bridgehead atoms. The first-order chi connectivity index (χ1) is 30.5. The average Bonchev–Trinajstić information content (AvgIpc) is 3.29. The van der Waals surface area contributed by atoms with Gasteiger partial charge in [-0.15, -0.1) is 0 Å². The number of carbonyl (C=O) groups is 3. The van der Waals surface area contributed by atoms with Gasteiger partial charge in [0.25, 0.3) is 0 Å². The molecule has 2 atom stereocenters. The second kappa shape index (κ2) is 20.8. The Hall–Kier alpha value is -6.80. The Kier molecular flexibility index (Phi) is 14.6. The summed E-state index contributed by atoms with van der Waals surface area (Å²) < 4.78 is 5.77. The number of aromatic amines is 1. The first-order valence-corrected chi connectivity index (χ1v) is 21.3. The standard InChI is InChI=1S/C50H54N6O7/c1-33(52-49(61)42-20-22-44(57)48-41(42)21-23-45(58)54-48)30-34-12-14-36(15-13-34)32-51-46(59)31-35-16-18-38(19-17-35)55(2)47(60)26-29-56-27-24-39(25-28-56)63-50(62)53-43-11-7-6-10-40(43)37-8-4-3-5-9-37/h3-23,33,39,49,52,57,61H,24-32H2,1-2H3,(H,51,59)(H,53,62)(H,54,58)/t33?,49-/m1/s1. The highest BCUT2D eigenvalue weighted by Gasteiger charge is 2.24. The molecule has 2 heterocycles. The number of hydrogen-bond donors (Lipinski definition) is 6. The summed E-state index contributed by atoms with van der Waals surface area (Å²) in [6.45, 7) is 4.41. The van der Waals surface area contributed by atoms with Crippen molar-refractivity contribution in [1.29, 1.82) is 0 Å². The number of aromatic nitrogens is 1. The minimum absolute atomic E-state index is 0.00738. The van der Waals surface area contributed by atoms with Crippen molar-refractivity contribution in [3.05, 3.63) is 160 Å². The highest BCUT2D eigenvalue weighted by molar-refractivity contribution is 5.93. The zero-order chi connectivity index (χ0) is 44.3. The summed E-state index contributed by atoms with van der Waals surface area (Å²) in [6, 6.07) is 38.9. The summed E-state index contributed by atoms with van der Waals surface area (Å²) in [5.41, 5.74) is 6.72. The summed E-state index contributed by atoms with van der Waals surface area (Å²) in [7, 11) is 1.76. The van der Waals surface area contributed by atoms with E-state index in [0.29, 0.717) is 55.4 Å². The van der Waals surface area contributed by atoms with Gasteiger partial charge >= 0.3 is 6.09 Å². The molecule has 6 aromatic rings. The van der Waals surface area contributed by atoms with Crippen molar-refractivity contribution in [2.75, 3.05) is 36.9 Å². The average molecular weight is 851 g/mol. The molecule has 326 valence electrons. The fraction of sp³-hybridized carbons (Fsp3) is 0.280. The lowest BCUT2D eigenvalue weighted by molar-refractivity contribution is -0.120. The summed E-state index contributed by atoms with van der Waals surface area (Å²) in [5.74, 6) is -0.185. The minimum Gasteiger partial charge on any atom is -0.506 e. The molecule has 1 aromatic heterocycles. The molecule has 7 rings (SSSR count). The predicted molar refractivity (Wildman–Crippen MR) is 245 cm³/mol. The summed E-state index contributed by atoms with van der Waals surface area (Å²) in [5, 5.41) is 30.7. The molecule has 0 saturated carbocycles. The lowest BCUT2D eigenvalue weighted by Gasteiger charge is -2.31. The number of ether oxygens (including phenoxy) is 1. The number of hydrogen-bond acceptors (Lipinski definition) is 9. The SMILES string of the molecule is CC(Cc1ccc(CNC(=O)Cc2ccc(N(C)C(=O)CCN3CCC(OC(=O)Nc4ccccc4-c4ccccc4)CC3)cc2)cc1)N[C@H](O)c1ccc(O)c2[nH]c(=O)ccc12. The van der Waals surface area contributed by atoms with E-state index in [2.05, 4.69) is 25.8 Å². The smallest absolute Gasteiger partial charge is 0.411 e. The summed E-state index contributed by atoms with van der Waals surface area (Å²) in [4.78, 5) is 57.0. The van der Waals surface area contributed by atoms with E-state index in [0.717, 1.165) is 46.6 Å². The minimum atomic E-state index is -1.02. The number of rotatable bonds is 16. The van der Waals surface area contributed by atoms with Crippen LogP contribution in [-0.4, -0.2) is 76.8 Å². The van der Waals surface area contributed by atoms with Gasteiger partial charge in [-0.05, 0) is 78.8 Å². The Morgan fingerprint density at radius 2 is 1.52 bits per heavy atom.